The van der Waals surface area contributed by atoms with Crippen molar-refractivity contribution in [3.05, 3.63) is 45.9 Å². The van der Waals surface area contributed by atoms with E-state index >= 15 is 0 Å². The molecule has 0 saturated heterocycles. The number of rotatable bonds is 4. The van der Waals surface area contributed by atoms with Gasteiger partial charge in [0, 0.05) is 18.6 Å². The van der Waals surface area contributed by atoms with Gasteiger partial charge in [-0.3, -0.25) is 19.2 Å². The van der Waals surface area contributed by atoms with Crippen molar-refractivity contribution in [3.8, 4) is 0 Å². The predicted molar refractivity (Wildman–Crippen MR) is 143 cm³/mol. The first-order valence-corrected chi connectivity index (χ1v) is 17.2. The van der Waals surface area contributed by atoms with E-state index in [4.69, 9.17) is 20.4 Å². The Morgan fingerprint density at radius 3 is 0.697 bits per heavy atom. The second kappa shape index (κ2) is 19.4. The SMILES string of the molecule is O=C(O)C1C=CSS1.O=C(O)C1C=CSS1.O=C(O)C1C=CSS1.O=C(O)C1C=CSS1.[V]. The van der Waals surface area contributed by atoms with E-state index in [1.54, 1.807) is 45.9 Å². The van der Waals surface area contributed by atoms with Gasteiger partial charge in [0.25, 0.3) is 0 Å². The average molecular weight is 644 g/mol. The van der Waals surface area contributed by atoms with E-state index in [9.17, 15) is 19.2 Å². The van der Waals surface area contributed by atoms with Crippen LogP contribution in [-0.2, 0) is 37.7 Å². The maximum atomic E-state index is 10.1. The molecule has 4 aliphatic rings. The Morgan fingerprint density at radius 1 is 0.455 bits per heavy atom. The molecule has 4 N–H and O–H groups in total. The quantitative estimate of drug-likeness (QED) is 0.290. The molecule has 0 fully saturated rings. The van der Waals surface area contributed by atoms with Gasteiger partial charge in [-0.25, -0.2) is 0 Å². The summed E-state index contributed by atoms with van der Waals surface area (Å²) in [6.07, 6.45) is 6.71. The van der Waals surface area contributed by atoms with Crippen LogP contribution < -0.4 is 0 Å². The zero-order valence-corrected chi connectivity index (χ0v) is 24.0. The Morgan fingerprint density at radius 2 is 0.636 bits per heavy atom. The third kappa shape index (κ3) is 15.1. The number of hydrogen-bond donors (Lipinski definition) is 4. The molecule has 0 saturated carbocycles. The Balaban J connectivity index is 0.000000410. The van der Waals surface area contributed by atoms with Gasteiger partial charge in [-0.1, -0.05) is 111 Å². The zero-order valence-electron chi connectivity index (χ0n) is 16.1. The minimum atomic E-state index is -0.753. The molecule has 0 bridgehead atoms. The monoisotopic (exact) mass is 643 g/mol. The van der Waals surface area contributed by atoms with Gasteiger partial charge in [0.1, 0.15) is 21.0 Å². The normalized spacial score (nSPS) is 25.5. The first kappa shape index (κ1) is 33.2. The van der Waals surface area contributed by atoms with E-state index in [2.05, 4.69) is 0 Å². The maximum Gasteiger partial charge on any atom is 0.321 e. The fourth-order valence-electron chi connectivity index (χ4n) is 1.40. The van der Waals surface area contributed by atoms with Gasteiger partial charge in [0.2, 0.25) is 0 Å². The number of carboxylic acids is 4. The van der Waals surface area contributed by atoms with Crippen molar-refractivity contribution in [3.63, 3.8) is 0 Å². The molecule has 8 nitrogen and oxygen atoms in total. The molecule has 4 atom stereocenters. The summed E-state index contributed by atoms with van der Waals surface area (Å²) in [4.78, 5) is 40.5. The van der Waals surface area contributed by atoms with Crippen LogP contribution in [0.4, 0.5) is 0 Å². The van der Waals surface area contributed by atoms with Crippen LogP contribution in [0.15, 0.2) is 45.9 Å². The summed E-state index contributed by atoms with van der Waals surface area (Å²) in [5.74, 6) is -3.01. The van der Waals surface area contributed by atoms with Gasteiger partial charge in [0.05, 0.1) is 0 Å². The van der Waals surface area contributed by atoms with Crippen LogP contribution in [0.5, 0.6) is 0 Å². The second-order valence-electron chi connectivity index (χ2n) is 5.12. The van der Waals surface area contributed by atoms with Crippen molar-refractivity contribution in [2.24, 2.45) is 0 Å². The largest absolute Gasteiger partial charge is 0.480 e. The fourth-order valence-corrected chi connectivity index (χ4v) is 9.06. The van der Waals surface area contributed by atoms with E-state index in [1.807, 2.05) is 0 Å². The summed E-state index contributed by atoms with van der Waals surface area (Å²) in [7, 11) is 11.3. The molecule has 1 radical (unpaired) electrons. The van der Waals surface area contributed by atoms with Gasteiger partial charge in [-0.05, 0) is 21.6 Å². The average Bonchev–Trinajstić information content (AvgIpc) is 3.56. The molecule has 4 rings (SSSR count). The molecule has 0 aliphatic carbocycles. The Hall–Kier alpha value is 0.224. The maximum absolute atomic E-state index is 10.1. The zero-order chi connectivity index (χ0) is 23.9. The summed E-state index contributed by atoms with van der Waals surface area (Å²) in [5, 5.41) is 39.2. The van der Waals surface area contributed by atoms with Crippen LogP contribution in [0.3, 0.4) is 0 Å². The van der Waals surface area contributed by atoms with Crippen molar-refractivity contribution >= 4 is 110 Å². The van der Waals surface area contributed by atoms with E-state index in [0.29, 0.717) is 0 Å². The molecule has 0 aromatic carbocycles. The molecule has 181 valence electrons. The third-order valence-corrected chi connectivity index (χ3v) is 11.8. The second-order valence-corrected chi connectivity index (χ2v) is 14.4. The van der Waals surface area contributed by atoms with Crippen LogP contribution in [-0.4, -0.2) is 65.3 Å². The minimum Gasteiger partial charge on any atom is -0.480 e. The summed E-state index contributed by atoms with van der Waals surface area (Å²) in [5.41, 5.74) is 0. The van der Waals surface area contributed by atoms with Crippen LogP contribution in [0.2, 0.25) is 0 Å². The molecule has 4 unspecified atom stereocenters. The van der Waals surface area contributed by atoms with Gasteiger partial charge < -0.3 is 20.4 Å². The van der Waals surface area contributed by atoms with Crippen molar-refractivity contribution in [1.82, 2.24) is 0 Å². The Labute approximate surface area is 233 Å². The van der Waals surface area contributed by atoms with Gasteiger partial charge >= 0.3 is 23.9 Å². The van der Waals surface area contributed by atoms with Gasteiger partial charge in [0.15, 0.2) is 0 Å². The van der Waals surface area contributed by atoms with Crippen molar-refractivity contribution in [1.29, 1.82) is 0 Å². The van der Waals surface area contributed by atoms with E-state index in [0.717, 1.165) is 0 Å². The van der Waals surface area contributed by atoms with Crippen LogP contribution in [0, 0.1) is 0 Å². The minimum absolute atomic E-state index is 0. The van der Waals surface area contributed by atoms with Crippen molar-refractivity contribution in [2.45, 2.75) is 21.0 Å². The standard InChI is InChI=1S/4C4H4O2S2.V/c4*5-4(6)3-1-2-7-8-3;/h4*1-3H,(H,5,6);. The fraction of sp³-hybridized carbons (Fsp3) is 0.250. The molecule has 4 heterocycles. The topological polar surface area (TPSA) is 149 Å². The summed E-state index contributed by atoms with van der Waals surface area (Å²) in [6, 6.07) is 0. The number of aliphatic carboxylic acids is 4. The molecule has 33 heavy (non-hydrogen) atoms. The van der Waals surface area contributed by atoms with E-state index in [-0.39, 0.29) is 39.6 Å². The van der Waals surface area contributed by atoms with Crippen LogP contribution >= 0.6 is 86.4 Å². The smallest absolute Gasteiger partial charge is 0.321 e. The van der Waals surface area contributed by atoms with Crippen LogP contribution in [0.1, 0.15) is 0 Å². The Bertz CT molecular complexity index is 662. The van der Waals surface area contributed by atoms with Crippen LogP contribution in [0.25, 0.3) is 0 Å². The molecule has 0 aromatic heterocycles. The molecule has 4 aliphatic heterocycles. The molecule has 0 spiro atoms. The number of hydrogen-bond acceptors (Lipinski definition) is 12. The van der Waals surface area contributed by atoms with Gasteiger partial charge in [-0.15, -0.1) is 0 Å². The van der Waals surface area contributed by atoms with Crippen molar-refractivity contribution < 1.29 is 58.2 Å². The van der Waals surface area contributed by atoms with Crippen molar-refractivity contribution in [2.75, 3.05) is 0 Å². The summed E-state index contributed by atoms with van der Waals surface area (Å²) in [6.45, 7) is 0. The number of carboxylic acid groups (broad SMARTS) is 4. The summed E-state index contributed by atoms with van der Waals surface area (Å²) < 4.78 is 0. The van der Waals surface area contributed by atoms with E-state index < -0.39 is 23.9 Å². The van der Waals surface area contributed by atoms with Gasteiger partial charge in [-0.2, -0.15) is 0 Å². The predicted octanol–water partition coefficient (Wildman–Crippen LogP) is 5.39. The molecular weight excluding hydrogens is 628 g/mol. The molecule has 0 amide bonds. The first-order chi connectivity index (χ1) is 15.2. The number of carbonyl (C=O) groups is 4. The van der Waals surface area contributed by atoms with E-state index in [1.165, 1.54) is 86.4 Å². The third-order valence-electron chi connectivity index (χ3n) is 2.85. The molecule has 0 aromatic rings. The first-order valence-electron chi connectivity index (χ1n) is 8.08. The Kier molecular flexibility index (Phi) is 19.5. The summed E-state index contributed by atoms with van der Waals surface area (Å²) >= 11 is 0. The molecule has 17 heteroatoms. The molecular formula is C16H16O8S8V.